The number of fused-ring (bicyclic) bond motifs is 1. The van der Waals surface area contributed by atoms with Crippen LogP contribution in [0.1, 0.15) is 31.4 Å². The summed E-state index contributed by atoms with van der Waals surface area (Å²) in [5, 5.41) is 3.00. The zero-order valence-electron chi connectivity index (χ0n) is 16.2. The minimum Gasteiger partial charge on any atom is -0.494 e. The lowest BCUT2D eigenvalue weighted by Crippen LogP contribution is -3.11. The van der Waals surface area contributed by atoms with Crippen LogP contribution in [-0.4, -0.2) is 38.8 Å². The number of hydrogen-bond acceptors (Lipinski definition) is 4. The highest BCUT2D eigenvalue weighted by Gasteiger charge is 2.32. The normalized spacial score (nSPS) is 20.6. The average molecular weight is 383 g/mol. The monoisotopic (exact) mass is 383 g/mol. The fraction of sp³-hybridized carbons (Fsp3) is 0.409. The quantitative estimate of drug-likeness (QED) is 0.803. The van der Waals surface area contributed by atoms with Gasteiger partial charge in [0.2, 0.25) is 0 Å². The van der Waals surface area contributed by atoms with Crippen LogP contribution >= 0.6 is 0 Å². The number of nitrogens with one attached hydrogen (secondary N) is 2. The number of carbonyl (C=O) groups excluding carboxylic acids is 1. The van der Waals surface area contributed by atoms with Crippen molar-refractivity contribution in [1.82, 2.24) is 0 Å². The average Bonchev–Trinajstić information content (AvgIpc) is 3.17. The molecule has 2 aliphatic heterocycles. The molecule has 28 heavy (non-hydrogen) atoms. The molecule has 2 atom stereocenters. The molecule has 148 valence electrons. The summed E-state index contributed by atoms with van der Waals surface area (Å²) in [6.07, 6.45) is 2.19. The van der Waals surface area contributed by atoms with Gasteiger partial charge in [-0.1, -0.05) is 0 Å². The highest BCUT2D eigenvalue weighted by molar-refractivity contribution is 5.91. The first kappa shape index (κ1) is 18.6. The van der Waals surface area contributed by atoms with E-state index in [2.05, 4.69) is 17.4 Å². The molecule has 0 spiro atoms. The number of rotatable bonds is 6. The van der Waals surface area contributed by atoms with Gasteiger partial charge in [-0.3, -0.25) is 4.79 Å². The van der Waals surface area contributed by atoms with E-state index in [-0.39, 0.29) is 5.91 Å². The number of hydrogen-bond donors (Lipinski definition) is 2. The van der Waals surface area contributed by atoms with Gasteiger partial charge in [-0.15, -0.1) is 0 Å². The fourth-order valence-electron chi connectivity index (χ4n) is 4.01. The zero-order valence-corrected chi connectivity index (χ0v) is 16.2. The zero-order chi connectivity index (χ0) is 19.3. The van der Waals surface area contributed by atoms with Gasteiger partial charge in [-0.25, -0.2) is 0 Å². The molecule has 4 rings (SSSR count). The smallest absolute Gasteiger partial charge is 0.279 e. The lowest BCUT2D eigenvalue weighted by molar-refractivity contribution is -0.910. The molecule has 2 heterocycles. The SMILES string of the molecule is CCOc1ccc(NC(=O)C[NH+]2CCC[C@H]2c2ccc3c(c2)OCCO3)cc1. The Hall–Kier alpha value is -2.73. The first-order chi connectivity index (χ1) is 13.7. The van der Waals surface area contributed by atoms with Crippen LogP contribution in [0.3, 0.4) is 0 Å². The Bertz CT molecular complexity index is 822. The van der Waals surface area contributed by atoms with E-state index < -0.39 is 0 Å². The second-order valence-corrected chi connectivity index (χ2v) is 7.19. The molecular weight excluding hydrogens is 356 g/mol. The van der Waals surface area contributed by atoms with Crippen LogP contribution in [0.4, 0.5) is 5.69 Å². The maximum Gasteiger partial charge on any atom is 0.279 e. The first-order valence-corrected chi connectivity index (χ1v) is 10.00. The Balaban J connectivity index is 1.39. The van der Waals surface area contributed by atoms with Gasteiger partial charge < -0.3 is 24.4 Å². The Kier molecular flexibility index (Phi) is 5.67. The minimum atomic E-state index is 0.0311. The molecule has 1 saturated heterocycles. The van der Waals surface area contributed by atoms with Crippen molar-refractivity contribution >= 4 is 11.6 Å². The highest BCUT2D eigenvalue weighted by atomic mass is 16.6. The molecule has 0 saturated carbocycles. The number of quaternary nitrogens is 1. The maximum atomic E-state index is 12.6. The predicted molar refractivity (Wildman–Crippen MR) is 106 cm³/mol. The van der Waals surface area contributed by atoms with Gasteiger partial charge in [-0.2, -0.15) is 0 Å². The summed E-state index contributed by atoms with van der Waals surface area (Å²) in [6.45, 7) is 5.21. The van der Waals surface area contributed by atoms with Gasteiger partial charge in [0.1, 0.15) is 25.0 Å². The molecule has 2 aliphatic rings. The lowest BCUT2D eigenvalue weighted by atomic mass is 10.0. The Labute approximate surface area is 165 Å². The topological polar surface area (TPSA) is 61.2 Å². The highest BCUT2D eigenvalue weighted by Crippen LogP contribution is 2.33. The van der Waals surface area contributed by atoms with E-state index in [0.717, 1.165) is 42.3 Å². The van der Waals surface area contributed by atoms with Crippen molar-refractivity contribution in [3.63, 3.8) is 0 Å². The van der Waals surface area contributed by atoms with Crippen molar-refractivity contribution in [2.75, 3.05) is 38.2 Å². The van der Waals surface area contributed by atoms with Crippen LogP contribution in [0.2, 0.25) is 0 Å². The van der Waals surface area contributed by atoms with E-state index in [9.17, 15) is 4.79 Å². The van der Waals surface area contributed by atoms with E-state index in [1.165, 1.54) is 10.5 Å². The van der Waals surface area contributed by atoms with Crippen LogP contribution < -0.4 is 24.4 Å². The fourth-order valence-corrected chi connectivity index (χ4v) is 4.01. The van der Waals surface area contributed by atoms with Gasteiger partial charge in [0.15, 0.2) is 18.0 Å². The number of ether oxygens (including phenoxy) is 3. The van der Waals surface area contributed by atoms with E-state index in [1.54, 1.807) is 0 Å². The molecule has 1 fully saturated rings. The summed E-state index contributed by atoms with van der Waals surface area (Å²) in [5.41, 5.74) is 2.01. The van der Waals surface area contributed by atoms with E-state index >= 15 is 0 Å². The van der Waals surface area contributed by atoms with Crippen LogP contribution in [0.15, 0.2) is 42.5 Å². The molecule has 2 aromatic carbocycles. The molecular formula is C22H27N2O4+. The standard InChI is InChI=1S/C22H26N2O4/c1-2-26-18-8-6-17(7-9-18)23-22(25)15-24-11-3-4-19(24)16-5-10-20-21(14-16)28-13-12-27-20/h5-10,14,19H,2-4,11-13,15H2,1H3,(H,23,25)/p+1/t19-/m0/s1. The number of benzene rings is 2. The third-order valence-electron chi connectivity index (χ3n) is 5.29. The van der Waals surface area contributed by atoms with Crippen molar-refractivity contribution in [3.8, 4) is 17.2 Å². The number of likely N-dealkylation sites (tertiary alicyclic amines) is 1. The molecule has 0 aliphatic carbocycles. The van der Waals surface area contributed by atoms with E-state index in [1.807, 2.05) is 37.3 Å². The van der Waals surface area contributed by atoms with Crippen LogP contribution in [0, 0.1) is 0 Å². The Morgan fingerprint density at radius 3 is 2.71 bits per heavy atom. The molecule has 1 amide bonds. The Morgan fingerprint density at radius 1 is 1.14 bits per heavy atom. The third kappa shape index (κ3) is 4.22. The molecule has 6 nitrogen and oxygen atoms in total. The van der Waals surface area contributed by atoms with Gasteiger partial charge in [0, 0.05) is 24.1 Å². The largest absolute Gasteiger partial charge is 0.494 e. The molecule has 0 aromatic heterocycles. The van der Waals surface area contributed by atoms with Crippen molar-refractivity contribution in [2.45, 2.75) is 25.8 Å². The minimum absolute atomic E-state index is 0.0311. The summed E-state index contributed by atoms with van der Waals surface area (Å²) < 4.78 is 16.8. The third-order valence-corrected chi connectivity index (χ3v) is 5.29. The molecule has 2 N–H and O–H groups in total. The lowest BCUT2D eigenvalue weighted by Gasteiger charge is -2.24. The summed E-state index contributed by atoms with van der Waals surface area (Å²) in [6, 6.07) is 14.0. The van der Waals surface area contributed by atoms with Gasteiger partial charge in [0.25, 0.3) is 5.91 Å². The van der Waals surface area contributed by atoms with Crippen LogP contribution in [0.25, 0.3) is 0 Å². The van der Waals surface area contributed by atoms with Crippen LogP contribution in [0.5, 0.6) is 17.2 Å². The van der Waals surface area contributed by atoms with Gasteiger partial charge in [-0.05, 0) is 49.4 Å². The summed E-state index contributed by atoms with van der Waals surface area (Å²) in [5.74, 6) is 2.46. The molecule has 6 heteroatoms. The van der Waals surface area contributed by atoms with Gasteiger partial charge in [0.05, 0.1) is 13.2 Å². The van der Waals surface area contributed by atoms with Crippen molar-refractivity contribution in [2.24, 2.45) is 0 Å². The van der Waals surface area contributed by atoms with E-state index in [0.29, 0.717) is 32.4 Å². The maximum absolute atomic E-state index is 12.6. The van der Waals surface area contributed by atoms with Crippen molar-refractivity contribution < 1.29 is 23.9 Å². The molecule has 1 unspecified atom stereocenters. The summed E-state index contributed by atoms with van der Waals surface area (Å²) in [7, 11) is 0. The predicted octanol–water partition coefficient (Wildman–Crippen LogP) is 2.21. The second-order valence-electron chi connectivity index (χ2n) is 7.19. The van der Waals surface area contributed by atoms with E-state index in [4.69, 9.17) is 14.2 Å². The van der Waals surface area contributed by atoms with Crippen molar-refractivity contribution in [3.05, 3.63) is 48.0 Å². The molecule has 2 aromatic rings. The summed E-state index contributed by atoms with van der Waals surface area (Å²) in [4.78, 5) is 13.9. The Morgan fingerprint density at radius 2 is 1.93 bits per heavy atom. The second kappa shape index (κ2) is 8.52. The molecule has 0 radical (unpaired) electrons. The molecule has 0 bridgehead atoms. The van der Waals surface area contributed by atoms with Crippen molar-refractivity contribution in [1.29, 1.82) is 0 Å². The first-order valence-electron chi connectivity index (χ1n) is 10.00. The number of carbonyl (C=O) groups is 1. The van der Waals surface area contributed by atoms with Crippen LogP contribution in [-0.2, 0) is 4.79 Å². The van der Waals surface area contributed by atoms with Gasteiger partial charge >= 0.3 is 0 Å². The number of amides is 1. The number of anilines is 1. The summed E-state index contributed by atoms with van der Waals surface area (Å²) >= 11 is 0.